The topological polar surface area (TPSA) is 97.6 Å². The third kappa shape index (κ3) is 4.80. The Hall–Kier alpha value is -2.54. The third-order valence-electron chi connectivity index (χ3n) is 4.61. The smallest absolute Gasteiger partial charge is 0.375 e. The number of halogens is 1. The number of esters is 1. The fourth-order valence-corrected chi connectivity index (χ4v) is 3.39. The van der Waals surface area contributed by atoms with E-state index in [2.05, 4.69) is 10.6 Å². The van der Waals surface area contributed by atoms with Crippen molar-refractivity contribution in [3.8, 4) is 0 Å². The van der Waals surface area contributed by atoms with Crippen molar-refractivity contribution in [3.63, 3.8) is 0 Å². The predicted molar refractivity (Wildman–Crippen MR) is 99.8 cm³/mol. The molecule has 1 aromatic heterocycles. The summed E-state index contributed by atoms with van der Waals surface area (Å²) in [5.41, 5.74) is 1.08. The first-order chi connectivity index (χ1) is 12.9. The van der Waals surface area contributed by atoms with Crippen LogP contribution >= 0.6 is 11.6 Å². The molecule has 1 aromatic carbocycles. The van der Waals surface area contributed by atoms with Gasteiger partial charge in [-0.05, 0) is 38.0 Å². The first kappa shape index (κ1) is 19.2. The molecular formula is C19H21ClN2O5. The summed E-state index contributed by atoms with van der Waals surface area (Å²) in [6, 6.07) is 4.51. The Kier molecular flexibility index (Phi) is 6.01. The zero-order chi connectivity index (χ0) is 19.4. The lowest BCUT2D eigenvalue weighted by atomic mass is 9.96. The number of carbonyl (C=O) groups is 3. The monoisotopic (exact) mass is 392 g/mol. The zero-order valence-corrected chi connectivity index (χ0v) is 15.7. The number of nitrogens with one attached hydrogen (secondary N) is 2. The molecule has 2 aromatic rings. The van der Waals surface area contributed by atoms with Crippen LogP contribution in [0.25, 0.3) is 11.0 Å². The van der Waals surface area contributed by atoms with E-state index in [1.165, 1.54) is 6.42 Å². The van der Waals surface area contributed by atoms with Gasteiger partial charge in [-0.2, -0.15) is 0 Å². The van der Waals surface area contributed by atoms with Gasteiger partial charge >= 0.3 is 12.0 Å². The third-order valence-corrected chi connectivity index (χ3v) is 4.85. The maximum Gasteiger partial charge on any atom is 0.375 e. The number of amides is 3. The summed E-state index contributed by atoms with van der Waals surface area (Å²) in [4.78, 5) is 35.9. The Morgan fingerprint density at radius 1 is 1.22 bits per heavy atom. The van der Waals surface area contributed by atoms with Crippen LogP contribution in [0.15, 0.2) is 22.6 Å². The van der Waals surface area contributed by atoms with Crippen LogP contribution in [0.1, 0.15) is 48.2 Å². The molecule has 1 fully saturated rings. The molecule has 27 heavy (non-hydrogen) atoms. The number of furan rings is 1. The average Bonchev–Trinajstić information content (AvgIpc) is 2.97. The highest BCUT2D eigenvalue weighted by Crippen LogP contribution is 2.28. The van der Waals surface area contributed by atoms with Crippen molar-refractivity contribution >= 4 is 40.5 Å². The van der Waals surface area contributed by atoms with Crippen molar-refractivity contribution in [2.75, 3.05) is 6.61 Å². The number of aryl methyl sites for hydroxylation is 1. The maximum absolute atomic E-state index is 12.2. The predicted octanol–water partition coefficient (Wildman–Crippen LogP) is 3.71. The molecule has 1 aliphatic carbocycles. The average molecular weight is 393 g/mol. The molecular weight excluding hydrogens is 372 g/mol. The van der Waals surface area contributed by atoms with Gasteiger partial charge < -0.3 is 14.5 Å². The lowest BCUT2D eigenvalue weighted by Crippen LogP contribution is -2.46. The highest BCUT2D eigenvalue weighted by Gasteiger charge is 2.21. The van der Waals surface area contributed by atoms with Crippen molar-refractivity contribution < 1.29 is 23.5 Å². The Balaban J connectivity index is 1.52. The number of fused-ring (bicyclic) bond motifs is 1. The van der Waals surface area contributed by atoms with Crippen molar-refractivity contribution in [2.24, 2.45) is 0 Å². The fourth-order valence-electron chi connectivity index (χ4n) is 3.22. The van der Waals surface area contributed by atoms with Gasteiger partial charge in [-0.3, -0.25) is 10.1 Å². The Bertz CT molecular complexity index is 870. The number of urea groups is 1. The minimum atomic E-state index is -0.775. The van der Waals surface area contributed by atoms with Crippen LogP contribution in [0, 0.1) is 6.92 Å². The highest BCUT2D eigenvalue weighted by molar-refractivity contribution is 6.31. The number of ether oxygens (including phenoxy) is 1. The number of rotatable bonds is 4. The van der Waals surface area contributed by atoms with Crippen LogP contribution < -0.4 is 10.6 Å². The normalized spacial score (nSPS) is 14.7. The number of hydrogen-bond donors (Lipinski definition) is 2. The molecule has 1 saturated carbocycles. The minimum Gasteiger partial charge on any atom is -0.450 e. The molecule has 144 valence electrons. The summed E-state index contributed by atoms with van der Waals surface area (Å²) < 4.78 is 10.4. The second-order valence-electron chi connectivity index (χ2n) is 6.63. The zero-order valence-electron chi connectivity index (χ0n) is 15.0. The fraction of sp³-hybridized carbons (Fsp3) is 0.421. The highest BCUT2D eigenvalue weighted by atomic mass is 35.5. The van der Waals surface area contributed by atoms with Crippen molar-refractivity contribution in [1.29, 1.82) is 0 Å². The van der Waals surface area contributed by atoms with E-state index in [9.17, 15) is 14.4 Å². The van der Waals surface area contributed by atoms with E-state index in [4.69, 9.17) is 20.8 Å². The van der Waals surface area contributed by atoms with Gasteiger partial charge in [0.15, 0.2) is 6.61 Å². The van der Waals surface area contributed by atoms with Crippen LogP contribution in [0.2, 0.25) is 5.02 Å². The van der Waals surface area contributed by atoms with Gasteiger partial charge in [0.2, 0.25) is 5.76 Å². The summed E-state index contributed by atoms with van der Waals surface area (Å²) in [7, 11) is 0. The van der Waals surface area contributed by atoms with E-state index in [-0.39, 0.29) is 11.8 Å². The summed E-state index contributed by atoms with van der Waals surface area (Å²) >= 11 is 5.95. The van der Waals surface area contributed by atoms with E-state index >= 15 is 0 Å². The van der Waals surface area contributed by atoms with Gasteiger partial charge in [0.25, 0.3) is 5.91 Å². The molecule has 0 spiro atoms. The Labute approximate surface area is 161 Å². The lowest BCUT2D eigenvalue weighted by molar-refractivity contribution is -0.123. The van der Waals surface area contributed by atoms with Gasteiger partial charge in [-0.1, -0.05) is 30.9 Å². The summed E-state index contributed by atoms with van der Waals surface area (Å²) in [6.07, 6.45) is 5.12. The largest absolute Gasteiger partial charge is 0.450 e. The van der Waals surface area contributed by atoms with E-state index in [0.29, 0.717) is 21.6 Å². The molecule has 0 atom stereocenters. The van der Waals surface area contributed by atoms with Crippen LogP contribution in [-0.2, 0) is 9.53 Å². The number of hydrogen-bond acceptors (Lipinski definition) is 5. The van der Waals surface area contributed by atoms with E-state index in [0.717, 1.165) is 25.7 Å². The molecule has 1 aliphatic rings. The molecule has 3 rings (SSSR count). The molecule has 0 unspecified atom stereocenters. The molecule has 0 saturated heterocycles. The second-order valence-corrected chi connectivity index (χ2v) is 7.07. The number of imide groups is 1. The molecule has 0 aliphatic heterocycles. The molecule has 1 heterocycles. The summed E-state index contributed by atoms with van der Waals surface area (Å²) in [6.45, 7) is 1.13. The van der Waals surface area contributed by atoms with Gasteiger partial charge in [-0.15, -0.1) is 0 Å². The first-order valence-electron chi connectivity index (χ1n) is 8.90. The Morgan fingerprint density at radius 2 is 1.96 bits per heavy atom. The van der Waals surface area contributed by atoms with Crippen LogP contribution in [0.4, 0.5) is 4.79 Å². The van der Waals surface area contributed by atoms with Crippen LogP contribution in [0.3, 0.4) is 0 Å². The molecule has 7 nitrogen and oxygen atoms in total. The van der Waals surface area contributed by atoms with Gasteiger partial charge in [0, 0.05) is 22.0 Å². The van der Waals surface area contributed by atoms with Crippen LogP contribution in [-0.4, -0.2) is 30.6 Å². The molecule has 0 bridgehead atoms. The van der Waals surface area contributed by atoms with Crippen molar-refractivity contribution in [2.45, 2.75) is 45.1 Å². The quantitative estimate of drug-likeness (QED) is 0.773. The summed E-state index contributed by atoms with van der Waals surface area (Å²) in [5, 5.41) is 6.15. The van der Waals surface area contributed by atoms with Gasteiger partial charge in [0.05, 0.1) is 0 Å². The first-order valence-corrected chi connectivity index (χ1v) is 9.28. The Morgan fingerprint density at radius 3 is 2.70 bits per heavy atom. The maximum atomic E-state index is 12.2. The van der Waals surface area contributed by atoms with E-state index in [1.807, 2.05) is 0 Å². The lowest BCUT2D eigenvalue weighted by Gasteiger charge is -2.22. The van der Waals surface area contributed by atoms with E-state index < -0.39 is 24.5 Å². The molecule has 0 radical (unpaired) electrons. The minimum absolute atomic E-state index is 0.00623. The SMILES string of the molecule is Cc1c(C(=O)OCC(=O)NC(=O)NC2CCCCC2)oc2ccc(Cl)cc12. The molecule has 3 amide bonds. The standard InChI is InChI=1S/C19H21ClN2O5/c1-11-14-9-12(20)7-8-15(14)27-17(11)18(24)26-10-16(23)22-19(25)21-13-5-3-2-4-6-13/h7-9,13H,2-6,10H2,1H3,(H2,21,22,23,25). The van der Waals surface area contributed by atoms with Crippen molar-refractivity contribution in [3.05, 3.63) is 34.5 Å². The summed E-state index contributed by atoms with van der Waals surface area (Å²) in [5.74, 6) is -1.47. The molecule has 8 heteroatoms. The number of benzene rings is 1. The van der Waals surface area contributed by atoms with Gasteiger partial charge in [0.1, 0.15) is 5.58 Å². The second kappa shape index (κ2) is 8.43. The van der Waals surface area contributed by atoms with Crippen LogP contribution in [0.5, 0.6) is 0 Å². The molecule has 2 N–H and O–H groups in total. The number of carbonyl (C=O) groups excluding carboxylic acids is 3. The van der Waals surface area contributed by atoms with Gasteiger partial charge in [-0.25, -0.2) is 9.59 Å². The van der Waals surface area contributed by atoms with Crippen molar-refractivity contribution in [1.82, 2.24) is 10.6 Å². The van der Waals surface area contributed by atoms with E-state index in [1.54, 1.807) is 25.1 Å².